The molecule has 0 aromatic rings. The molecular weight excluding hydrogens is 168 g/mol. The topological polar surface area (TPSA) is 52.6 Å². The van der Waals surface area contributed by atoms with Crippen molar-refractivity contribution in [1.29, 1.82) is 0 Å². The van der Waals surface area contributed by atoms with Crippen LogP contribution in [0.2, 0.25) is 0 Å². The van der Waals surface area contributed by atoms with Crippen LogP contribution in [0, 0.1) is 0 Å². The van der Waals surface area contributed by atoms with Crippen molar-refractivity contribution in [2.45, 2.75) is 37.9 Å². The van der Waals surface area contributed by atoms with Crippen molar-refractivity contribution < 1.29 is 16.8 Å². The average molecular weight is 178 g/mol. The van der Waals surface area contributed by atoms with Crippen LogP contribution in [0.4, 0.5) is 0 Å². The van der Waals surface area contributed by atoms with Crippen molar-refractivity contribution in [2.75, 3.05) is 0 Å². The van der Waals surface area contributed by atoms with Gasteiger partial charge in [-0.3, -0.25) is 0 Å². The molecule has 0 N–H and O–H groups in total. The molecule has 0 spiro atoms. The summed E-state index contributed by atoms with van der Waals surface area (Å²) in [7, 11) is -3.66. The maximum Gasteiger partial charge on any atom is 0.400 e. The smallest absolute Gasteiger partial charge is 0.245 e. The molecule has 11 heavy (non-hydrogen) atoms. The van der Waals surface area contributed by atoms with Gasteiger partial charge in [0.15, 0.2) is 0 Å². The van der Waals surface area contributed by atoms with E-state index in [1.165, 1.54) is 0 Å². The lowest BCUT2D eigenvalue weighted by molar-refractivity contribution is 0.200. The normalized spacial score (nSPS) is 25.5. The first kappa shape index (κ1) is 7.52. The van der Waals surface area contributed by atoms with Crippen molar-refractivity contribution in [2.24, 2.45) is 0 Å². The van der Waals surface area contributed by atoms with E-state index in [-0.39, 0.29) is 12.2 Å². The molecule has 0 aliphatic heterocycles. The Morgan fingerprint density at radius 2 is 1.27 bits per heavy atom. The monoisotopic (exact) mass is 178 g/mol. The summed E-state index contributed by atoms with van der Waals surface area (Å²) in [5.74, 6) is 0. The molecule has 2 aliphatic carbocycles. The summed E-state index contributed by atoms with van der Waals surface area (Å²) in [6.45, 7) is 0. The Kier molecular flexibility index (Phi) is 1.66. The lowest BCUT2D eigenvalue weighted by Gasteiger charge is -2.01. The second-order valence-corrected chi connectivity index (χ2v) is 4.20. The number of rotatable bonds is 4. The van der Waals surface area contributed by atoms with Gasteiger partial charge < -0.3 is 0 Å². The van der Waals surface area contributed by atoms with E-state index in [4.69, 9.17) is 0 Å². The van der Waals surface area contributed by atoms with Gasteiger partial charge in [-0.2, -0.15) is 8.42 Å². The first-order chi connectivity index (χ1) is 5.16. The van der Waals surface area contributed by atoms with E-state index in [0.29, 0.717) is 0 Å². The Labute approximate surface area is 65.8 Å². The first-order valence-corrected chi connectivity index (χ1v) is 5.10. The highest BCUT2D eigenvalue weighted by Gasteiger charge is 2.34. The molecule has 0 bridgehead atoms. The zero-order valence-electron chi connectivity index (χ0n) is 6.02. The lowest BCUT2D eigenvalue weighted by Crippen LogP contribution is -2.12. The van der Waals surface area contributed by atoms with Crippen LogP contribution in [-0.4, -0.2) is 20.6 Å². The molecule has 0 unspecified atom stereocenters. The Balaban J connectivity index is 1.85. The summed E-state index contributed by atoms with van der Waals surface area (Å²) in [6.07, 6.45) is 3.17. The third-order valence-electron chi connectivity index (χ3n) is 1.56. The van der Waals surface area contributed by atoms with Crippen LogP contribution < -0.4 is 0 Å². The second-order valence-electron chi connectivity index (χ2n) is 3.00. The SMILES string of the molecule is O=S(=O)(OC1CC1)OC1CC1. The molecule has 0 saturated heterocycles. The Bertz CT molecular complexity index is 217. The first-order valence-electron chi connectivity index (χ1n) is 3.77. The van der Waals surface area contributed by atoms with Gasteiger partial charge in [0.05, 0.1) is 12.2 Å². The van der Waals surface area contributed by atoms with Gasteiger partial charge in [-0.25, -0.2) is 8.37 Å². The van der Waals surface area contributed by atoms with Crippen molar-refractivity contribution in [3.05, 3.63) is 0 Å². The maximum atomic E-state index is 10.9. The minimum atomic E-state index is -3.66. The van der Waals surface area contributed by atoms with Gasteiger partial charge in [-0.15, -0.1) is 0 Å². The summed E-state index contributed by atoms with van der Waals surface area (Å²) in [6, 6.07) is 0. The average Bonchev–Trinajstić information content (AvgIpc) is 2.60. The molecule has 0 amide bonds. The fraction of sp³-hybridized carbons (Fsp3) is 1.00. The van der Waals surface area contributed by atoms with Crippen LogP contribution in [-0.2, 0) is 18.8 Å². The third-order valence-corrected chi connectivity index (χ3v) is 2.57. The molecule has 2 aliphatic rings. The minimum Gasteiger partial charge on any atom is -0.245 e. The van der Waals surface area contributed by atoms with Gasteiger partial charge in [0, 0.05) is 0 Å². The van der Waals surface area contributed by atoms with Crippen LogP contribution in [0.3, 0.4) is 0 Å². The summed E-state index contributed by atoms with van der Waals surface area (Å²) in [5.41, 5.74) is 0. The molecule has 2 rings (SSSR count). The highest BCUT2D eigenvalue weighted by molar-refractivity contribution is 7.81. The summed E-state index contributed by atoms with van der Waals surface area (Å²) >= 11 is 0. The van der Waals surface area contributed by atoms with E-state index < -0.39 is 10.4 Å². The largest absolute Gasteiger partial charge is 0.400 e. The maximum absolute atomic E-state index is 10.9. The van der Waals surface area contributed by atoms with Crippen molar-refractivity contribution in [3.63, 3.8) is 0 Å². The van der Waals surface area contributed by atoms with Crippen LogP contribution in [0.15, 0.2) is 0 Å². The molecule has 0 heterocycles. The third kappa shape index (κ3) is 2.43. The molecule has 4 nitrogen and oxygen atoms in total. The fourth-order valence-electron chi connectivity index (χ4n) is 0.685. The van der Waals surface area contributed by atoms with Gasteiger partial charge in [-0.05, 0) is 25.7 Å². The highest BCUT2D eigenvalue weighted by Crippen LogP contribution is 2.30. The van der Waals surface area contributed by atoms with Crippen LogP contribution in [0.1, 0.15) is 25.7 Å². The van der Waals surface area contributed by atoms with E-state index in [1.54, 1.807) is 0 Å². The van der Waals surface area contributed by atoms with Gasteiger partial charge in [0.1, 0.15) is 0 Å². The van der Waals surface area contributed by atoms with Crippen molar-refractivity contribution >= 4 is 10.4 Å². The highest BCUT2D eigenvalue weighted by atomic mass is 32.3. The molecule has 0 atom stereocenters. The number of hydrogen-bond acceptors (Lipinski definition) is 4. The van der Waals surface area contributed by atoms with Crippen LogP contribution >= 0.6 is 0 Å². The Hall–Kier alpha value is -0.130. The van der Waals surface area contributed by atoms with Crippen molar-refractivity contribution in [3.8, 4) is 0 Å². The van der Waals surface area contributed by atoms with Crippen LogP contribution in [0.25, 0.3) is 0 Å². The quantitative estimate of drug-likeness (QED) is 0.632. The van der Waals surface area contributed by atoms with E-state index in [0.717, 1.165) is 25.7 Å². The molecule has 0 aromatic heterocycles. The van der Waals surface area contributed by atoms with E-state index in [2.05, 4.69) is 8.37 Å². The lowest BCUT2D eigenvalue weighted by atomic mass is 10.9. The van der Waals surface area contributed by atoms with Gasteiger partial charge in [-0.1, -0.05) is 0 Å². The predicted octanol–water partition coefficient (Wildman–Crippen LogP) is 0.589. The van der Waals surface area contributed by atoms with Gasteiger partial charge in [0.2, 0.25) is 0 Å². The van der Waals surface area contributed by atoms with E-state index >= 15 is 0 Å². The zero-order valence-corrected chi connectivity index (χ0v) is 6.84. The molecule has 5 heteroatoms. The summed E-state index contributed by atoms with van der Waals surface area (Å²) in [4.78, 5) is 0. The molecule has 64 valence electrons. The van der Waals surface area contributed by atoms with Crippen molar-refractivity contribution in [1.82, 2.24) is 0 Å². The summed E-state index contributed by atoms with van der Waals surface area (Å²) < 4.78 is 31.1. The molecule has 0 aromatic carbocycles. The zero-order chi connectivity index (χ0) is 7.90. The molecule has 2 saturated carbocycles. The Morgan fingerprint density at radius 3 is 1.55 bits per heavy atom. The summed E-state index contributed by atoms with van der Waals surface area (Å²) in [5, 5.41) is 0. The van der Waals surface area contributed by atoms with E-state index in [1.807, 2.05) is 0 Å². The molecule has 0 radical (unpaired) electrons. The molecule has 2 fully saturated rings. The van der Waals surface area contributed by atoms with Crippen LogP contribution in [0.5, 0.6) is 0 Å². The standard InChI is InChI=1S/C6H10O4S/c7-11(8,9-5-1-2-5)10-6-3-4-6/h5-6H,1-4H2. The Morgan fingerprint density at radius 1 is 0.909 bits per heavy atom. The minimum absolute atomic E-state index is 0.0984. The molecular formula is C6H10O4S. The number of hydrogen-bond donors (Lipinski definition) is 0. The second kappa shape index (κ2) is 2.43. The predicted molar refractivity (Wildman–Crippen MR) is 37.1 cm³/mol. The van der Waals surface area contributed by atoms with E-state index in [9.17, 15) is 8.42 Å². The van der Waals surface area contributed by atoms with Gasteiger partial charge in [0.25, 0.3) is 0 Å². The van der Waals surface area contributed by atoms with Gasteiger partial charge >= 0.3 is 10.4 Å². The fourth-order valence-corrected chi connectivity index (χ4v) is 1.78.